The van der Waals surface area contributed by atoms with E-state index >= 15 is 0 Å². The Kier molecular flexibility index (Phi) is 4.11. The number of Topliss-reactive ketones (excluding diaryl/α,β-unsaturated/α-hetero) is 1. The SMILES string of the molecule is CCOC(=O)C1(C2([N+](=O)[O-])CCCCC2)CCCC1=O. The Bertz CT molecular complexity index is 427. The van der Waals surface area contributed by atoms with Crippen LogP contribution in [-0.2, 0) is 14.3 Å². The van der Waals surface area contributed by atoms with Crippen molar-refractivity contribution in [1.29, 1.82) is 0 Å². The fourth-order valence-electron chi connectivity index (χ4n) is 3.92. The third kappa shape index (κ3) is 1.93. The quantitative estimate of drug-likeness (QED) is 0.342. The molecule has 0 aliphatic heterocycles. The van der Waals surface area contributed by atoms with Crippen molar-refractivity contribution in [3.05, 3.63) is 10.1 Å². The van der Waals surface area contributed by atoms with Crippen molar-refractivity contribution in [2.75, 3.05) is 6.61 Å². The molecular weight excluding hydrogens is 262 g/mol. The summed E-state index contributed by atoms with van der Waals surface area (Å²) in [5.74, 6) is -0.976. The van der Waals surface area contributed by atoms with E-state index in [0.29, 0.717) is 32.1 Å². The molecule has 2 fully saturated rings. The Balaban J connectivity index is 2.51. The molecule has 2 aliphatic carbocycles. The lowest BCUT2D eigenvalue weighted by Crippen LogP contribution is -2.61. The normalized spacial score (nSPS) is 29.1. The van der Waals surface area contributed by atoms with Crippen LogP contribution in [0.15, 0.2) is 0 Å². The molecule has 0 saturated heterocycles. The summed E-state index contributed by atoms with van der Waals surface area (Å²) in [6.45, 7) is 1.80. The van der Waals surface area contributed by atoms with Gasteiger partial charge in [-0.15, -0.1) is 0 Å². The largest absolute Gasteiger partial charge is 0.465 e. The van der Waals surface area contributed by atoms with Crippen LogP contribution >= 0.6 is 0 Å². The third-order valence-electron chi connectivity index (χ3n) is 4.88. The first-order chi connectivity index (χ1) is 9.51. The lowest BCUT2D eigenvalue weighted by molar-refractivity contribution is -0.589. The maximum Gasteiger partial charge on any atom is 0.327 e. The zero-order valence-corrected chi connectivity index (χ0v) is 11.9. The van der Waals surface area contributed by atoms with Gasteiger partial charge in [-0.2, -0.15) is 0 Å². The molecule has 0 heterocycles. The first kappa shape index (κ1) is 14.9. The number of ether oxygens (including phenoxy) is 1. The van der Waals surface area contributed by atoms with Gasteiger partial charge in [-0.25, -0.2) is 0 Å². The number of carbonyl (C=O) groups excluding carboxylic acids is 2. The maximum absolute atomic E-state index is 12.4. The van der Waals surface area contributed by atoms with Crippen LogP contribution in [0.3, 0.4) is 0 Å². The molecule has 2 rings (SSSR count). The summed E-state index contributed by atoms with van der Waals surface area (Å²) in [7, 11) is 0. The van der Waals surface area contributed by atoms with Crippen molar-refractivity contribution in [3.8, 4) is 0 Å². The van der Waals surface area contributed by atoms with Gasteiger partial charge in [-0.3, -0.25) is 19.7 Å². The van der Waals surface area contributed by atoms with E-state index in [-0.39, 0.29) is 30.2 Å². The van der Waals surface area contributed by atoms with E-state index in [9.17, 15) is 19.7 Å². The molecular formula is C14H21NO5. The number of rotatable bonds is 4. The van der Waals surface area contributed by atoms with Crippen molar-refractivity contribution >= 4 is 11.8 Å². The van der Waals surface area contributed by atoms with Gasteiger partial charge in [-0.05, 0) is 32.6 Å². The van der Waals surface area contributed by atoms with E-state index in [1.807, 2.05) is 0 Å². The van der Waals surface area contributed by atoms with Crippen LogP contribution in [0.4, 0.5) is 0 Å². The first-order valence-electron chi connectivity index (χ1n) is 7.36. The highest BCUT2D eigenvalue weighted by molar-refractivity contribution is 6.06. The number of nitro groups is 1. The summed E-state index contributed by atoms with van der Waals surface area (Å²) in [4.78, 5) is 36.3. The van der Waals surface area contributed by atoms with Crippen molar-refractivity contribution in [3.63, 3.8) is 0 Å². The molecule has 0 amide bonds. The van der Waals surface area contributed by atoms with Gasteiger partial charge in [-0.1, -0.05) is 6.42 Å². The summed E-state index contributed by atoms with van der Waals surface area (Å²) in [5.41, 5.74) is -3.00. The predicted molar refractivity (Wildman–Crippen MR) is 70.7 cm³/mol. The van der Waals surface area contributed by atoms with Crippen LogP contribution in [-0.4, -0.2) is 28.8 Å². The minimum atomic E-state index is -1.55. The number of nitrogens with zero attached hydrogens (tertiary/aromatic N) is 1. The maximum atomic E-state index is 12.4. The molecule has 2 aliphatic rings. The average molecular weight is 283 g/mol. The lowest BCUT2D eigenvalue weighted by atomic mass is 9.61. The molecule has 0 N–H and O–H groups in total. The molecule has 1 unspecified atom stereocenters. The highest BCUT2D eigenvalue weighted by Gasteiger charge is 2.71. The Morgan fingerprint density at radius 3 is 2.35 bits per heavy atom. The number of hydrogen-bond acceptors (Lipinski definition) is 5. The Labute approximate surface area is 118 Å². The van der Waals surface area contributed by atoms with E-state index < -0.39 is 16.9 Å². The monoisotopic (exact) mass is 283 g/mol. The highest BCUT2D eigenvalue weighted by atomic mass is 16.6. The fraction of sp³-hybridized carbons (Fsp3) is 0.857. The topological polar surface area (TPSA) is 86.5 Å². The second-order valence-electron chi connectivity index (χ2n) is 5.75. The van der Waals surface area contributed by atoms with Gasteiger partial charge < -0.3 is 4.74 Å². The molecule has 112 valence electrons. The van der Waals surface area contributed by atoms with Gasteiger partial charge in [0.25, 0.3) is 0 Å². The Hall–Kier alpha value is -1.46. The second kappa shape index (κ2) is 5.50. The zero-order chi connectivity index (χ0) is 14.8. The molecule has 0 aromatic carbocycles. The van der Waals surface area contributed by atoms with E-state index in [1.165, 1.54) is 0 Å². The van der Waals surface area contributed by atoms with Crippen LogP contribution in [0.1, 0.15) is 58.3 Å². The van der Waals surface area contributed by atoms with E-state index in [1.54, 1.807) is 6.92 Å². The van der Waals surface area contributed by atoms with Gasteiger partial charge >= 0.3 is 5.97 Å². The molecule has 20 heavy (non-hydrogen) atoms. The number of hydrogen-bond donors (Lipinski definition) is 0. The molecule has 0 aromatic heterocycles. The second-order valence-corrected chi connectivity index (χ2v) is 5.75. The molecule has 6 heteroatoms. The molecule has 0 spiro atoms. The summed E-state index contributed by atoms with van der Waals surface area (Å²) in [5, 5.41) is 11.8. The van der Waals surface area contributed by atoms with Crippen molar-refractivity contribution < 1.29 is 19.2 Å². The number of ketones is 1. The predicted octanol–water partition coefficient (Wildman–Crippen LogP) is 2.27. The van der Waals surface area contributed by atoms with Crippen molar-refractivity contribution in [2.24, 2.45) is 5.41 Å². The van der Waals surface area contributed by atoms with E-state index in [2.05, 4.69) is 0 Å². The highest BCUT2D eigenvalue weighted by Crippen LogP contribution is 2.52. The summed E-state index contributed by atoms with van der Waals surface area (Å²) >= 11 is 0. The van der Waals surface area contributed by atoms with Gasteiger partial charge in [0.05, 0.1) is 6.61 Å². The minimum Gasteiger partial charge on any atom is -0.465 e. The van der Waals surface area contributed by atoms with Crippen LogP contribution in [0.2, 0.25) is 0 Å². The molecule has 6 nitrogen and oxygen atoms in total. The average Bonchev–Trinajstić information content (AvgIpc) is 2.83. The van der Waals surface area contributed by atoms with Crippen LogP contribution < -0.4 is 0 Å². The summed E-state index contributed by atoms with van der Waals surface area (Å²) < 4.78 is 5.06. The van der Waals surface area contributed by atoms with Gasteiger partial charge in [0, 0.05) is 24.2 Å². The third-order valence-corrected chi connectivity index (χ3v) is 4.88. The fourth-order valence-corrected chi connectivity index (χ4v) is 3.92. The molecule has 0 radical (unpaired) electrons. The van der Waals surface area contributed by atoms with Crippen LogP contribution in [0, 0.1) is 15.5 Å². The minimum absolute atomic E-state index is 0.141. The summed E-state index contributed by atoms with van der Waals surface area (Å²) in [6.07, 6.45) is 3.93. The Morgan fingerprint density at radius 1 is 1.25 bits per heavy atom. The molecule has 1 atom stereocenters. The zero-order valence-electron chi connectivity index (χ0n) is 11.9. The molecule has 0 aromatic rings. The van der Waals surface area contributed by atoms with Gasteiger partial charge in [0.1, 0.15) is 0 Å². The summed E-state index contributed by atoms with van der Waals surface area (Å²) in [6, 6.07) is 0. The molecule has 2 saturated carbocycles. The number of carbonyl (C=O) groups is 2. The first-order valence-corrected chi connectivity index (χ1v) is 7.36. The van der Waals surface area contributed by atoms with Crippen LogP contribution in [0.5, 0.6) is 0 Å². The van der Waals surface area contributed by atoms with Crippen molar-refractivity contribution in [1.82, 2.24) is 0 Å². The van der Waals surface area contributed by atoms with Gasteiger partial charge in [0.15, 0.2) is 11.2 Å². The molecule has 0 bridgehead atoms. The Morgan fingerprint density at radius 2 is 1.90 bits per heavy atom. The van der Waals surface area contributed by atoms with Crippen LogP contribution in [0.25, 0.3) is 0 Å². The van der Waals surface area contributed by atoms with E-state index in [0.717, 1.165) is 6.42 Å². The van der Waals surface area contributed by atoms with E-state index in [4.69, 9.17) is 4.74 Å². The van der Waals surface area contributed by atoms with Gasteiger partial charge in [0.2, 0.25) is 5.54 Å². The number of esters is 1. The van der Waals surface area contributed by atoms with Crippen molar-refractivity contribution in [2.45, 2.75) is 63.8 Å². The smallest absolute Gasteiger partial charge is 0.327 e. The standard InChI is InChI=1S/C14H21NO5/c1-2-20-12(17)14(10-6-7-11(14)16)13(15(18)19)8-4-3-5-9-13/h2-10H2,1H3. The lowest BCUT2D eigenvalue weighted by Gasteiger charge is -2.40.